The number of halogens is 4. The third kappa shape index (κ3) is 5.78. The van der Waals surface area contributed by atoms with Gasteiger partial charge >= 0.3 is 0 Å². The van der Waals surface area contributed by atoms with Crippen molar-refractivity contribution in [2.45, 2.75) is 76.2 Å². The molecule has 2 aromatic rings. The van der Waals surface area contributed by atoms with E-state index in [0.29, 0.717) is 50.5 Å². The molecule has 1 fully saturated rings. The van der Waals surface area contributed by atoms with E-state index in [9.17, 15) is 22.7 Å². The largest absolute Gasteiger partial charge is 0.490 e. The highest BCUT2D eigenvalue weighted by Gasteiger charge is 2.30. The van der Waals surface area contributed by atoms with Crippen LogP contribution in [0.3, 0.4) is 0 Å². The van der Waals surface area contributed by atoms with E-state index in [-0.39, 0.29) is 35.3 Å². The fraction of sp³-hybridized carbons (Fsp3) is 0.481. The first-order valence-corrected chi connectivity index (χ1v) is 11.8. The molecule has 1 saturated carbocycles. The van der Waals surface area contributed by atoms with Crippen LogP contribution in [0.25, 0.3) is 0 Å². The lowest BCUT2D eigenvalue weighted by molar-refractivity contribution is 0.160. The van der Waals surface area contributed by atoms with Crippen molar-refractivity contribution in [3.05, 3.63) is 76.9 Å². The molecular formula is C27H32F4O2. The Hall–Kier alpha value is -2.34. The Bertz CT molecular complexity index is 952. The van der Waals surface area contributed by atoms with Gasteiger partial charge in [-0.15, -0.1) is 6.58 Å². The highest BCUT2D eigenvalue weighted by molar-refractivity contribution is 5.34. The van der Waals surface area contributed by atoms with Crippen LogP contribution in [0.15, 0.2) is 36.9 Å². The van der Waals surface area contributed by atoms with Crippen molar-refractivity contribution < 1.29 is 27.4 Å². The molecule has 3 rings (SSSR count). The highest BCUT2D eigenvalue weighted by Crippen LogP contribution is 2.43. The predicted octanol–water partition coefficient (Wildman–Crippen LogP) is 7.86. The summed E-state index contributed by atoms with van der Waals surface area (Å²) in [4.78, 5) is 0. The van der Waals surface area contributed by atoms with Crippen LogP contribution < -0.4 is 4.74 Å². The number of aliphatic hydroxyl groups excluding tert-OH is 1. The summed E-state index contributed by atoms with van der Waals surface area (Å²) in [5.41, 5.74) is 0.568. The van der Waals surface area contributed by atoms with E-state index in [2.05, 4.69) is 6.58 Å². The summed E-state index contributed by atoms with van der Waals surface area (Å²) in [7, 11) is 0. The summed E-state index contributed by atoms with van der Waals surface area (Å²) >= 11 is 0. The summed E-state index contributed by atoms with van der Waals surface area (Å²) in [6, 6.07) is 6.04. The Morgan fingerprint density at radius 1 is 0.939 bits per heavy atom. The maximum absolute atomic E-state index is 14.8. The monoisotopic (exact) mass is 464 g/mol. The van der Waals surface area contributed by atoms with Crippen LogP contribution in [0.4, 0.5) is 17.6 Å². The number of unbranched alkanes of at least 4 members (excludes halogenated alkanes) is 1. The van der Waals surface area contributed by atoms with Crippen molar-refractivity contribution in [3.63, 3.8) is 0 Å². The number of hydrogen-bond donors (Lipinski definition) is 1. The summed E-state index contributed by atoms with van der Waals surface area (Å²) in [5, 5.41) is 10.0. The predicted molar refractivity (Wildman–Crippen MR) is 121 cm³/mol. The molecule has 0 spiro atoms. The van der Waals surface area contributed by atoms with Crippen molar-refractivity contribution in [2.24, 2.45) is 0 Å². The Kier molecular flexibility index (Phi) is 8.95. The van der Waals surface area contributed by atoms with Crippen LogP contribution in [0, 0.1) is 23.3 Å². The van der Waals surface area contributed by atoms with Gasteiger partial charge < -0.3 is 9.84 Å². The average Bonchev–Trinajstić information content (AvgIpc) is 2.81. The lowest BCUT2D eigenvalue weighted by Crippen LogP contribution is -2.16. The Balaban J connectivity index is 1.67. The van der Waals surface area contributed by atoms with E-state index in [0.717, 1.165) is 6.42 Å². The van der Waals surface area contributed by atoms with Gasteiger partial charge in [-0.25, -0.2) is 13.2 Å². The van der Waals surface area contributed by atoms with Gasteiger partial charge in [-0.05, 0) is 74.0 Å². The molecule has 0 aliphatic heterocycles. The molecular weight excluding hydrogens is 432 g/mol. The summed E-state index contributed by atoms with van der Waals surface area (Å²) < 4.78 is 63.9. The van der Waals surface area contributed by atoms with Crippen molar-refractivity contribution in [3.8, 4) is 5.75 Å². The first-order chi connectivity index (χ1) is 15.9. The van der Waals surface area contributed by atoms with Crippen LogP contribution >= 0.6 is 0 Å². The molecule has 0 aromatic heterocycles. The minimum Gasteiger partial charge on any atom is -0.490 e. The number of aliphatic hydroxyl groups is 1. The molecule has 180 valence electrons. The molecule has 0 amide bonds. The standard InChI is InChI=1S/C27H32F4O2/c1-3-5-6-16-33-23-15-14-20(25(29)27(23)31)18-10-8-17(9-11-18)19-12-13-21(22(32)7-4-2)26(30)24(19)28/h3,12-15,17-18,22,32H,1,4-11,16H2,2H3. The fourth-order valence-corrected chi connectivity index (χ4v) is 4.68. The molecule has 6 heteroatoms. The van der Waals surface area contributed by atoms with Gasteiger partial charge in [0.15, 0.2) is 23.2 Å². The highest BCUT2D eigenvalue weighted by atomic mass is 19.2. The molecule has 2 aromatic carbocycles. The van der Waals surface area contributed by atoms with Gasteiger partial charge in [0.1, 0.15) is 0 Å². The van der Waals surface area contributed by atoms with Crippen LogP contribution in [0.2, 0.25) is 0 Å². The summed E-state index contributed by atoms with van der Waals surface area (Å²) in [6.45, 7) is 5.76. The van der Waals surface area contributed by atoms with Gasteiger partial charge in [0, 0.05) is 5.56 Å². The minimum atomic E-state index is -1.03. The van der Waals surface area contributed by atoms with Crippen molar-refractivity contribution in [2.75, 3.05) is 6.61 Å². The smallest absolute Gasteiger partial charge is 0.200 e. The molecule has 1 aliphatic carbocycles. The van der Waals surface area contributed by atoms with Crippen LogP contribution in [-0.2, 0) is 0 Å². The molecule has 0 bridgehead atoms. The SMILES string of the molecule is C=CCCCOc1ccc(C2CCC(c3ccc(C(O)CCC)c(F)c3F)CC2)c(F)c1F. The first-order valence-electron chi connectivity index (χ1n) is 11.8. The average molecular weight is 465 g/mol. The van der Waals surface area contributed by atoms with E-state index in [1.807, 2.05) is 6.92 Å². The fourth-order valence-electron chi connectivity index (χ4n) is 4.68. The van der Waals surface area contributed by atoms with E-state index >= 15 is 0 Å². The third-order valence-electron chi connectivity index (χ3n) is 6.56. The number of rotatable bonds is 10. The molecule has 1 unspecified atom stereocenters. The number of benzene rings is 2. The van der Waals surface area contributed by atoms with Gasteiger partial charge in [-0.2, -0.15) is 4.39 Å². The Morgan fingerprint density at radius 3 is 2.09 bits per heavy atom. The number of ether oxygens (including phenoxy) is 1. The second-order valence-corrected chi connectivity index (χ2v) is 8.79. The third-order valence-corrected chi connectivity index (χ3v) is 6.56. The van der Waals surface area contributed by atoms with E-state index in [1.165, 1.54) is 12.1 Å². The first kappa shape index (κ1) is 25.3. The zero-order valence-electron chi connectivity index (χ0n) is 19.1. The molecule has 0 saturated heterocycles. The van der Waals surface area contributed by atoms with Gasteiger partial charge in [0.05, 0.1) is 12.7 Å². The zero-order valence-corrected chi connectivity index (χ0v) is 19.1. The van der Waals surface area contributed by atoms with Gasteiger partial charge in [-0.1, -0.05) is 37.6 Å². The second-order valence-electron chi connectivity index (χ2n) is 8.79. The van der Waals surface area contributed by atoms with Crippen molar-refractivity contribution in [1.29, 1.82) is 0 Å². The van der Waals surface area contributed by atoms with Gasteiger partial charge in [0.2, 0.25) is 5.82 Å². The van der Waals surface area contributed by atoms with Gasteiger partial charge in [0.25, 0.3) is 0 Å². The molecule has 1 atom stereocenters. The number of allylic oxidation sites excluding steroid dienone is 1. The Morgan fingerprint density at radius 2 is 1.52 bits per heavy atom. The van der Waals surface area contributed by atoms with Crippen LogP contribution in [0.1, 0.15) is 92.9 Å². The maximum Gasteiger partial charge on any atom is 0.200 e. The van der Waals surface area contributed by atoms with E-state index < -0.39 is 29.4 Å². The second kappa shape index (κ2) is 11.7. The van der Waals surface area contributed by atoms with Gasteiger partial charge in [-0.3, -0.25) is 0 Å². The number of hydrogen-bond acceptors (Lipinski definition) is 2. The van der Waals surface area contributed by atoms with Crippen molar-refractivity contribution >= 4 is 0 Å². The normalized spacial score (nSPS) is 19.3. The maximum atomic E-state index is 14.8. The van der Waals surface area contributed by atoms with Crippen LogP contribution in [0.5, 0.6) is 5.75 Å². The van der Waals surface area contributed by atoms with E-state index in [1.54, 1.807) is 18.2 Å². The quantitative estimate of drug-likeness (QED) is 0.220. The van der Waals surface area contributed by atoms with Crippen LogP contribution in [-0.4, -0.2) is 11.7 Å². The molecule has 0 heterocycles. The lowest BCUT2D eigenvalue weighted by atomic mass is 9.75. The molecule has 0 radical (unpaired) electrons. The molecule has 33 heavy (non-hydrogen) atoms. The Labute approximate surface area is 193 Å². The zero-order chi connectivity index (χ0) is 24.0. The van der Waals surface area contributed by atoms with E-state index in [4.69, 9.17) is 4.74 Å². The van der Waals surface area contributed by atoms with Crippen molar-refractivity contribution in [1.82, 2.24) is 0 Å². The summed E-state index contributed by atoms with van der Waals surface area (Å²) in [6.07, 6.45) is 5.31. The summed E-state index contributed by atoms with van der Waals surface area (Å²) in [5.74, 6) is -4.28. The lowest BCUT2D eigenvalue weighted by Gasteiger charge is -2.30. The minimum absolute atomic E-state index is 0.0175. The topological polar surface area (TPSA) is 29.5 Å². The molecule has 2 nitrogen and oxygen atoms in total. The molecule has 1 N–H and O–H groups in total. The molecule has 1 aliphatic rings.